The Balaban J connectivity index is 1.86. The largest absolute Gasteiger partial charge is 0.464 e. The summed E-state index contributed by atoms with van der Waals surface area (Å²) >= 11 is 11.8. The van der Waals surface area contributed by atoms with Crippen LogP contribution in [0.15, 0.2) is 54.3 Å². The molecule has 1 aliphatic rings. The van der Waals surface area contributed by atoms with Crippen LogP contribution in [-0.4, -0.2) is 5.91 Å². The summed E-state index contributed by atoms with van der Waals surface area (Å²) in [6, 6.07) is 10.8. The molecule has 0 saturated heterocycles. The summed E-state index contributed by atoms with van der Waals surface area (Å²) in [5.41, 5.74) is 3.00. The highest BCUT2D eigenvalue weighted by atomic mass is 35.5. The van der Waals surface area contributed by atoms with Gasteiger partial charge in [0.05, 0.1) is 16.3 Å². The maximum Gasteiger partial charge on any atom is 0.255 e. The number of fused-ring (bicyclic) bond motifs is 1. The summed E-state index contributed by atoms with van der Waals surface area (Å²) in [6.45, 7) is 1.99. The van der Waals surface area contributed by atoms with E-state index in [1.165, 1.54) is 6.26 Å². The van der Waals surface area contributed by atoms with Crippen molar-refractivity contribution in [3.63, 3.8) is 0 Å². The quantitative estimate of drug-likeness (QED) is 0.809. The lowest BCUT2D eigenvalue weighted by atomic mass is 10.1. The molecule has 1 N–H and O–H groups in total. The van der Waals surface area contributed by atoms with E-state index < -0.39 is 0 Å². The van der Waals surface area contributed by atoms with Crippen molar-refractivity contribution in [3.8, 4) is 5.75 Å². The number of ether oxygens (including phenoxy) is 1. The summed E-state index contributed by atoms with van der Waals surface area (Å²) in [5.74, 6) is 0.468. The molecule has 3 nitrogen and oxygen atoms in total. The fraction of sp³-hybridized carbons (Fsp3) is 0.0556. The monoisotopic (exact) mass is 345 g/mol. The molecule has 0 atom stereocenters. The molecular formula is C18H13Cl2NO2. The third kappa shape index (κ3) is 3.58. The first-order chi connectivity index (χ1) is 11.0. The Morgan fingerprint density at radius 3 is 2.70 bits per heavy atom. The van der Waals surface area contributed by atoms with Gasteiger partial charge in [0.1, 0.15) is 5.75 Å². The zero-order valence-corrected chi connectivity index (χ0v) is 13.8. The normalized spacial score (nSPS) is 12.7. The van der Waals surface area contributed by atoms with Crippen LogP contribution in [0.3, 0.4) is 0 Å². The van der Waals surface area contributed by atoms with Gasteiger partial charge >= 0.3 is 0 Å². The predicted molar refractivity (Wildman–Crippen MR) is 94.0 cm³/mol. The number of nitrogens with one attached hydrogen (secondary N) is 1. The van der Waals surface area contributed by atoms with Gasteiger partial charge in [0.25, 0.3) is 5.91 Å². The number of anilines is 1. The van der Waals surface area contributed by atoms with E-state index in [2.05, 4.69) is 5.32 Å². The van der Waals surface area contributed by atoms with Gasteiger partial charge in [-0.15, -0.1) is 0 Å². The van der Waals surface area contributed by atoms with Gasteiger partial charge in [-0.2, -0.15) is 0 Å². The smallest absolute Gasteiger partial charge is 0.255 e. The van der Waals surface area contributed by atoms with Gasteiger partial charge in [0.2, 0.25) is 0 Å². The molecule has 2 aromatic rings. The average molecular weight is 346 g/mol. The number of aryl methyl sites for hydroxylation is 1. The van der Waals surface area contributed by atoms with E-state index in [0.717, 1.165) is 16.9 Å². The molecule has 0 aromatic heterocycles. The van der Waals surface area contributed by atoms with Crippen molar-refractivity contribution in [1.82, 2.24) is 0 Å². The first-order valence-electron chi connectivity index (χ1n) is 6.95. The molecule has 3 rings (SSSR count). The van der Waals surface area contributed by atoms with Gasteiger partial charge in [-0.1, -0.05) is 35.3 Å². The Kier molecular flexibility index (Phi) is 4.42. The summed E-state index contributed by atoms with van der Waals surface area (Å²) < 4.78 is 5.54. The lowest BCUT2D eigenvalue weighted by Gasteiger charge is -2.07. The summed E-state index contributed by atoms with van der Waals surface area (Å²) in [6.07, 6.45) is 4.92. The second-order valence-electron chi connectivity index (χ2n) is 5.14. The summed E-state index contributed by atoms with van der Waals surface area (Å²) in [5, 5.41) is 3.62. The van der Waals surface area contributed by atoms with Crippen LogP contribution in [0.5, 0.6) is 5.75 Å². The van der Waals surface area contributed by atoms with E-state index in [9.17, 15) is 4.79 Å². The van der Waals surface area contributed by atoms with Crippen molar-refractivity contribution in [2.24, 2.45) is 0 Å². The zero-order valence-electron chi connectivity index (χ0n) is 12.3. The molecule has 0 radical (unpaired) electrons. The summed E-state index contributed by atoms with van der Waals surface area (Å²) in [7, 11) is 0. The van der Waals surface area contributed by atoms with Gasteiger partial charge in [-0.25, -0.2) is 0 Å². The number of halogens is 2. The minimum absolute atomic E-state index is 0.253. The topological polar surface area (TPSA) is 38.3 Å². The van der Waals surface area contributed by atoms with E-state index in [1.54, 1.807) is 30.4 Å². The highest BCUT2D eigenvalue weighted by Gasteiger charge is 2.13. The van der Waals surface area contributed by atoms with Crippen LogP contribution >= 0.6 is 23.2 Å². The van der Waals surface area contributed by atoms with Gasteiger partial charge < -0.3 is 10.1 Å². The van der Waals surface area contributed by atoms with Crippen molar-refractivity contribution in [2.45, 2.75) is 6.92 Å². The fourth-order valence-corrected chi connectivity index (χ4v) is 2.48. The van der Waals surface area contributed by atoms with E-state index in [4.69, 9.17) is 27.9 Å². The minimum atomic E-state index is -0.253. The second kappa shape index (κ2) is 6.49. The van der Waals surface area contributed by atoms with E-state index in [1.807, 2.05) is 25.1 Å². The van der Waals surface area contributed by atoms with Crippen molar-refractivity contribution < 1.29 is 9.53 Å². The molecule has 0 saturated carbocycles. The number of carbonyl (C=O) groups excluding carboxylic acids is 1. The molecule has 0 fully saturated rings. The van der Waals surface area contributed by atoms with E-state index in [0.29, 0.717) is 21.3 Å². The lowest BCUT2D eigenvalue weighted by Crippen LogP contribution is -2.13. The maximum atomic E-state index is 12.4. The number of hydrogen-bond donors (Lipinski definition) is 1. The van der Waals surface area contributed by atoms with Crippen molar-refractivity contribution in [3.05, 3.63) is 75.5 Å². The highest BCUT2D eigenvalue weighted by Crippen LogP contribution is 2.28. The third-order valence-electron chi connectivity index (χ3n) is 3.36. The first-order valence-corrected chi connectivity index (χ1v) is 7.70. The van der Waals surface area contributed by atoms with Crippen LogP contribution in [-0.2, 0) is 4.79 Å². The Morgan fingerprint density at radius 1 is 1.09 bits per heavy atom. The lowest BCUT2D eigenvalue weighted by molar-refractivity contribution is -0.112. The molecule has 1 heterocycles. The molecule has 1 aliphatic heterocycles. The van der Waals surface area contributed by atoms with Crippen LogP contribution in [0.2, 0.25) is 10.0 Å². The highest BCUT2D eigenvalue weighted by molar-refractivity contribution is 6.42. The molecule has 5 heteroatoms. The van der Waals surface area contributed by atoms with Crippen LogP contribution in [0.25, 0.3) is 6.08 Å². The molecule has 2 aromatic carbocycles. The SMILES string of the molecule is Cc1ccc2c(c1)OC=CC(C(=O)Nc1ccc(Cl)c(Cl)c1)=C2. The first kappa shape index (κ1) is 15.7. The number of rotatable bonds is 2. The van der Waals surface area contributed by atoms with E-state index in [-0.39, 0.29) is 5.91 Å². The van der Waals surface area contributed by atoms with Crippen LogP contribution in [0, 0.1) is 6.92 Å². The standard InChI is InChI=1S/C18H13Cl2NO2/c1-11-2-3-12-9-13(6-7-23-17(12)8-11)18(22)21-14-4-5-15(19)16(20)10-14/h2-10H,1H3,(H,21,22). The number of amides is 1. The van der Waals surface area contributed by atoms with Crippen molar-refractivity contribution in [2.75, 3.05) is 5.32 Å². The Labute approximate surface area is 144 Å². The zero-order chi connectivity index (χ0) is 16.4. The van der Waals surface area contributed by atoms with Crippen LogP contribution in [0.4, 0.5) is 5.69 Å². The van der Waals surface area contributed by atoms with Crippen LogP contribution in [0.1, 0.15) is 11.1 Å². The molecule has 116 valence electrons. The van der Waals surface area contributed by atoms with E-state index >= 15 is 0 Å². The Morgan fingerprint density at radius 2 is 1.91 bits per heavy atom. The summed E-state index contributed by atoms with van der Waals surface area (Å²) in [4.78, 5) is 12.4. The number of benzene rings is 2. The molecule has 0 unspecified atom stereocenters. The Hall–Kier alpha value is -2.23. The Bertz CT molecular complexity index is 841. The number of carbonyl (C=O) groups is 1. The minimum Gasteiger partial charge on any atom is -0.464 e. The van der Waals surface area contributed by atoms with Crippen molar-refractivity contribution >= 4 is 40.9 Å². The molecular weight excluding hydrogens is 333 g/mol. The molecule has 0 aliphatic carbocycles. The maximum absolute atomic E-state index is 12.4. The van der Waals surface area contributed by atoms with Crippen molar-refractivity contribution in [1.29, 1.82) is 0 Å². The fourth-order valence-electron chi connectivity index (χ4n) is 2.18. The van der Waals surface area contributed by atoms with Gasteiger partial charge in [-0.3, -0.25) is 4.79 Å². The average Bonchev–Trinajstić information content (AvgIpc) is 2.73. The van der Waals surface area contributed by atoms with Gasteiger partial charge in [0, 0.05) is 16.8 Å². The van der Waals surface area contributed by atoms with Gasteiger partial charge in [-0.05, 0) is 48.9 Å². The molecule has 1 amide bonds. The molecule has 0 bridgehead atoms. The molecule has 23 heavy (non-hydrogen) atoms. The molecule has 0 spiro atoms. The number of hydrogen-bond acceptors (Lipinski definition) is 2. The third-order valence-corrected chi connectivity index (χ3v) is 4.10. The van der Waals surface area contributed by atoms with Gasteiger partial charge in [0.15, 0.2) is 0 Å². The van der Waals surface area contributed by atoms with Crippen LogP contribution < -0.4 is 10.1 Å². The predicted octanol–water partition coefficient (Wildman–Crippen LogP) is 5.23. The second-order valence-corrected chi connectivity index (χ2v) is 5.96.